The molecule has 6 heteroatoms. The molecule has 0 N–H and O–H groups in total. The fourth-order valence-electron chi connectivity index (χ4n) is 1.96. The molecule has 1 aromatic rings. The summed E-state index contributed by atoms with van der Waals surface area (Å²) < 4.78 is 32.6. The minimum atomic E-state index is 0.538. The lowest BCUT2D eigenvalue weighted by Crippen LogP contribution is -2.14. The van der Waals surface area contributed by atoms with E-state index in [9.17, 15) is 0 Å². The first-order valence-electron chi connectivity index (χ1n) is 9.50. The number of ether oxygens (including phenoxy) is 6. The molecule has 0 atom stereocenters. The van der Waals surface area contributed by atoms with Crippen LogP contribution in [0.15, 0.2) is 30.3 Å². The minimum absolute atomic E-state index is 0.538. The SMILES string of the molecule is CCCCOCCOCCOCCOCCOCCOc1ccccc1. The Morgan fingerprint density at radius 2 is 0.962 bits per heavy atom. The van der Waals surface area contributed by atoms with E-state index in [2.05, 4.69) is 6.92 Å². The van der Waals surface area contributed by atoms with E-state index in [-0.39, 0.29) is 0 Å². The maximum absolute atomic E-state index is 5.52. The van der Waals surface area contributed by atoms with Gasteiger partial charge in [0.2, 0.25) is 0 Å². The van der Waals surface area contributed by atoms with Crippen molar-refractivity contribution in [1.82, 2.24) is 0 Å². The summed E-state index contributed by atoms with van der Waals surface area (Å²) in [4.78, 5) is 0. The highest BCUT2D eigenvalue weighted by molar-refractivity contribution is 5.20. The molecule has 0 unspecified atom stereocenters. The monoisotopic (exact) mass is 370 g/mol. The van der Waals surface area contributed by atoms with Gasteiger partial charge in [-0.05, 0) is 18.6 Å². The highest BCUT2D eigenvalue weighted by Crippen LogP contribution is 2.07. The van der Waals surface area contributed by atoms with Gasteiger partial charge < -0.3 is 28.4 Å². The Labute approximate surface area is 157 Å². The maximum Gasteiger partial charge on any atom is 0.119 e. The molecule has 0 fully saturated rings. The van der Waals surface area contributed by atoms with Gasteiger partial charge in [0.1, 0.15) is 12.4 Å². The van der Waals surface area contributed by atoms with Gasteiger partial charge in [-0.25, -0.2) is 0 Å². The summed E-state index contributed by atoms with van der Waals surface area (Å²) in [6, 6.07) is 9.70. The first-order valence-corrected chi connectivity index (χ1v) is 9.50. The lowest BCUT2D eigenvalue weighted by atomic mass is 10.3. The average Bonchev–Trinajstić information content (AvgIpc) is 2.68. The normalized spacial score (nSPS) is 11.0. The quantitative estimate of drug-likeness (QED) is 0.349. The summed E-state index contributed by atoms with van der Waals surface area (Å²) in [6.07, 6.45) is 2.27. The van der Waals surface area contributed by atoms with E-state index >= 15 is 0 Å². The molecule has 0 saturated carbocycles. The predicted octanol–water partition coefficient (Wildman–Crippen LogP) is 2.95. The average molecular weight is 370 g/mol. The number of benzene rings is 1. The van der Waals surface area contributed by atoms with Crippen LogP contribution in [0.25, 0.3) is 0 Å². The molecule has 0 aliphatic rings. The van der Waals surface area contributed by atoms with E-state index in [1.807, 2.05) is 30.3 Å². The van der Waals surface area contributed by atoms with Crippen LogP contribution in [0, 0.1) is 0 Å². The third-order valence-electron chi connectivity index (χ3n) is 3.37. The van der Waals surface area contributed by atoms with Gasteiger partial charge in [0, 0.05) is 6.61 Å². The Morgan fingerprint density at radius 3 is 1.42 bits per heavy atom. The van der Waals surface area contributed by atoms with E-state index in [1.54, 1.807) is 0 Å². The van der Waals surface area contributed by atoms with Crippen LogP contribution in [-0.2, 0) is 23.7 Å². The topological polar surface area (TPSA) is 55.4 Å². The predicted molar refractivity (Wildman–Crippen MR) is 101 cm³/mol. The fourth-order valence-corrected chi connectivity index (χ4v) is 1.96. The van der Waals surface area contributed by atoms with Gasteiger partial charge in [-0.1, -0.05) is 31.5 Å². The Morgan fingerprint density at radius 1 is 0.538 bits per heavy atom. The van der Waals surface area contributed by atoms with Crippen molar-refractivity contribution in [2.75, 3.05) is 72.7 Å². The van der Waals surface area contributed by atoms with Crippen molar-refractivity contribution < 1.29 is 28.4 Å². The van der Waals surface area contributed by atoms with Crippen molar-refractivity contribution in [3.05, 3.63) is 30.3 Å². The van der Waals surface area contributed by atoms with Gasteiger partial charge >= 0.3 is 0 Å². The molecule has 0 aromatic heterocycles. The Hall–Kier alpha value is -1.18. The van der Waals surface area contributed by atoms with Gasteiger partial charge in [-0.3, -0.25) is 0 Å². The van der Waals surface area contributed by atoms with Gasteiger partial charge in [-0.15, -0.1) is 0 Å². The van der Waals surface area contributed by atoms with E-state index < -0.39 is 0 Å². The van der Waals surface area contributed by atoms with E-state index in [0.29, 0.717) is 66.1 Å². The lowest BCUT2D eigenvalue weighted by molar-refractivity contribution is -0.0128. The molecule has 0 radical (unpaired) electrons. The second kappa shape index (κ2) is 18.6. The standard InChI is InChI=1S/C20H34O6/c1-2-3-9-21-10-11-22-12-13-23-14-15-24-16-17-25-18-19-26-20-7-5-4-6-8-20/h4-8H,2-3,9-19H2,1H3. The van der Waals surface area contributed by atoms with Crippen molar-refractivity contribution in [2.24, 2.45) is 0 Å². The third-order valence-corrected chi connectivity index (χ3v) is 3.37. The van der Waals surface area contributed by atoms with Crippen molar-refractivity contribution in [3.8, 4) is 5.75 Å². The lowest BCUT2D eigenvalue weighted by Gasteiger charge is -2.08. The molecule has 0 bridgehead atoms. The first kappa shape index (κ1) is 22.9. The number of rotatable bonds is 19. The van der Waals surface area contributed by atoms with Crippen molar-refractivity contribution in [1.29, 1.82) is 0 Å². The molecular weight excluding hydrogens is 336 g/mol. The zero-order valence-corrected chi connectivity index (χ0v) is 16.0. The summed E-state index contributed by atoms with van der Waals surface area (Å²) in [5.74, 6) is 0.859. The van der Waals surface area contributed by atoms with Crippen LogP contribution in [0.5, 0.6) is 5.75 Å². The van der Waals surface area contributed by atoms with Gasteiger partial charge in [-0.2, -0.15) is 0 Å². The molecule has 1 aromatic carbocycles. The number of hydrogen-bond acceptors (Lipinski definition) is 6. The molecule has 0 heterocycles. The second-order valence-corrected chi connectivity index (χ2v) is 5.58. The van der Waals surface area contributed by atoms with Crippen molar-refractivity contribution in [3.63, 3.8) is 0 Å². The molecule has 6 nitrogen and oxygen atoms in total. The molecular formula is C20H34O6. The molecule has 1 rings (SSSR count). The van der Waals surface area contributed by atoms with Crippen LogP contribution in [0.4, 0.5) is 0 Å². The summed E-state index contributed by atoms with van der Waals surface area (Å²) in [5.41, 5.74) is 0. The van der Waals surface area contributed by atoms with Crippen LogP contribution >= 0.6 is 0 Å². The highest BCUT2D eigenvalue weighted by Gasteiger charge is 1.94. The smallest absolute Gasteiger partial charge is 0.119 e. The number of hydrogen-bond donors (Lipinski definition) is 0. The largest absolute Gasteiger partial charge is 0.491 e. The van der Waals surface area contributed by atoms with Crippen molar-refractivity contribution >= 4 is 0 Å². The minimum Gasteiger partial charge on any atom is -0.491 e. The number of unbranched alkanes of at least 4 members (excludes halogenated alkanes) is 1. The van der Waals surface area contributed by atoms with E-state index in [1.165, 1.54) is 0 Å². The zero-order chi connectivity index (χ0) is 18.5. The van der Waals surface area contributed by atoms with Gasteiger partial charge in [0.15, 0.2) is 0 Å². The summed E-state index contributed by atoms with van der Waals surface area (Å²) in [6.45, 7) is 8.72. The van der Waals surface area contributed by atoms with Crippen molar-refractivity contribution in [2.45, 2.75) is 19.8 Å². The highest BCUT2D eigenvalue weighted by atomic mass is 16.6. The Kier molecular flexibility index (Phi) is 16.4. The molecule has 150 valence electrons. The number of para-hydroxylation sites is 1. The first-order chi connectivity index (χ1) is 12.9. The zero-order valence-electron chi connectivity index (χ0n) is 16.0. The molecule has 0 aliphatic carbocycles. The van der Waals surface area contributed by atoms with Crippen LogP contribution in [0.1, 0.15) is 19.8 Å². The summed E-state index contributed by atoms with van der Waals surface area (Å²) in [5, 5.41) is 0. The van der Waals surface area contributed by atoms with Crippen LogP contribution in [0.2, 0.25) is 0 Å². The van der Waals surface area contributed by atoms with E-state index in [4.69, 9.17) is 28.4 Å². The van der Waals surface area contributed by atoms with Crippen LogP contribution in [-0.4, -0.2) is 72.7 Å². The third kappa shape index (κ3) is 15.1. The Bertz CT molecular complexity index is 387. The molecule has 26 heavy (non-hydrogen) atoms. The fraction of sp³-hybridized carbons (Fsp3) is 0.700. The summed E-state index contributed by atoms with van der Waals surface area (Å²) >= 11 is 0. The molecule has 0 amide bonds. The molecule has 0 saturated heterocycles. The molecule has 0 spiro atoms. The van der Waals surface area contributed by atoms with Gasteiger partial charge in [0.25, 0.3) is 0 Å². The van der Waals surface area contributed by atoms with Crippen LogP contribution in [0.3, 0.4) is 0 Å². The van der Waals surface area contributed by atoms with E-state index in [0.717, 1.165) is 25.2 Å². The van der Waals surface area contributed by atoms with Gasteiger partial charge in [0.05, 0.1) is 59.5 Å². The second-order valence-electron chi connectivity index (χ2n) is 5.58. The summed E-state index contributed by atoms with van der Waals surface area (Å²) in [7, 11) is 0. The Balaban J connectivity index is 1.68. The maximum atomic E-state index is 5.52. The van der Waals surface area contributed by atoms with Crippen LogP contribution < -0.4 is 4.74 Å². The molecule has 0 aliphatic heterocycles.